The highest BCUT2D eigenvalue weighted by Gasteiger charge is 2.18. The fraction of sp³-hybridized carbons (Fsp3) is 0.308. The number of aromatic nitrogens is 2. The van der Waals surface area contributed by atoms with Crippen LogP contribution in [-0.2, 0) is 13.5 Å². The summed E-state index contributed by atoms with van der Waals surface area (Å²) in [5, 5.41) is 4.31. The molecule has 18 heavy (non-hydrogen) atoms. The van der Waals surface area contributed by atoms with Gasteiger partial charge in [-0.05, 0) is 6.07 Å². The van der Waals surface area contributed by atoms with Crippen LogP contribution in [0, 0.1) is 0 Å². The smallest absolute Gasteiger partial charge is 0.253 e. The van der Waals surface area contributed by atoms with Crippen molar-refractivity contribution in [3.8, 4) is 11.3 Å². The van der Waals surface area contributed by atoms with E-state index in [1.165, 1.54) is 0 Å². The summed E-state index contributed by atoms with van der Waals surface area (Å²) in [7, 11) is 1.74. The average Bonchev–Trinajstić information content (AvgIpc) is 2.72. The van der Waals surface area contributed by atoms with E-state index in [0.29, 0.717) is 5.69 Å². The van der Waals surface area contributed by atoms with Gasteiger partial charge in [0.25, 0.3) is 6.43 Å². The fourth-order valence-electron chi connectivity index (χ4n) is 1.78. The van der Waals surface area contributed by atoms with E-state index < -0.39 is 12.5 Å². The molecule has 1 heterocycles. The van der Waals surface area contributed by atoms with Crippen molar-refractivity contribution in [2.75, 3.05) is 0 Å². The van der Waals surface area contributed by atoms with Gasteiger partial charge in [-0.25, -0.2) is 8.78 Å². The molecular formula is C13H15F2N3. The van der Waals surface area contributed by atoms with Crippen molar-refractivity contribution in [2.45, 2.75) is 18.9 Å². The maximum absolute atomic E-state index is 12.4. The molecule has 2 rings (SSSR count). The van der Waals surface area contributed by atoms with Crippen molar-refractivity contribution in [3.05, 3.63) is 42.1 Å². The Balaban J connectivity index is 2.22. The summed E-state index contributed by atoms with van der Waals surface area (Å²) in [6, 6.07) is 10.3. The number of rotatable bonds is 4. The largest absolute Gasteiger partial charge is 0.323 e. The molecule has 1 unspecified atom stereocenters. The van der Waals surface area contributed by atoms with Gasteiger partial charge < -0.3 is 5.73 Å². The summed E-state index contributed by atoms with van der Waals surface area (Å²) < 4.78 is 26.4. The predicted molar refractivity (Wildman–Crippen MR) is 66.3 cm³/mol. The Labute approximate surface area is 104 Å². The molecule has 0 aliphatic carbocycles. The Morgan fingerprint density at radius 1 is 1.28 bits per heavy atom. The molecule has 1 aromatic heterocycles. The molecule has 0 amide bonds. The maximum atomic E-state index is 12.4. The molecule has 0 spiro atoms. The van der Waals surface area contributed by atoms with E-state index in [0.717, 1.165) is 11.3 Å². The predicted octanol–water partition coefficient (Wildman–Crippen LogP) is 2.22. The summed E-state index contributed by atoms with van der Waals surface area (Å²) >= 11 is 0. The number of nitrogens with zero attached hydrogens (tertiary/aromatic N) is 2. The molecule has 2 N–H and O–H groups in total. The molecule has 0 bridgehead atoms. The van der Waals surface area contributed by atoms with Crippen LogP contribution in [0.25, 0.3) is 11.3 Å². The van der Waals surface area contributed by atoms with Gasteiger partial charge in [0.2, 0.25) is 0 Å². The van der Waals surface area contributed by atoms with Gasteiger partial charge >= 0.3 is 0 Å². The lowest BCUT2D eigenvalue weighted by Gasteiger charge is -2.09. The summed E-state index contributed by atoms with van der Waals surface area (Å²) in [6.07, 6.45) is -2.39. The minimum absolute atomic E-state index is 0.119. The third-order valence-corrected chi connectivity index (χ3v) is 2.81. The van der Waals surface area contributed by atoms with Gasteiger partial charge in [-0.2, -0.15) is 5.10 Å². The van der Waals surface area contributed by atoms with Crippen LogP contribution in [0.5, 0.6) is 0 Å². The molecule has 5 heteroatoms. The van der Waals surface area contributed by atoms with Crippen LogP contribution >= 0.6 is 0 Å². The molecule has 0 saturated carbocycles. The van der Waals surface area contributed by atoms with Gasteiger partial charge in [0.1, 0.15) is 0 Å². The quantitative estimate of drug-likeness (QED) is 0.905. The topological polar surface area (TPSA) is 43.8 Å². The highest BCUT2D eigenvalue weighted by Crippen LogP contribution is 2.19. The number of nitrogens with two attached hydrogens (primary N) is 1. The second-order valence-corrected chi connectivity index (χ2v) is 4.21. The Morgan fingerprint density at radius 3 is 2.56 bits per heavy atom. The Hall–Kier alpha value is -1.75. The van der Waals surface area contributed by atoms with E-state index >= 15 is 0 Å². The van der Waals surface area contributed by atoms with Gasteiger partial charge in [0.05, 0.1) is 11.7 Å². The first-order chi connectivity index (χ1) is 8.58. The fourth-order valence-corrected chi connectivity index (χ4v) is 1.78. The van der Waals surface area contributed by atoms with Gasteiger partial charge in [-0.3, -0.25) is 4.68 Å². The van der Waals surface area contributed by atoms with E-state index in [-0.39, 0.29) is 6.42 Å². The third-order valence-electron chi connectivity index (χ3n) is 2.81. The highest BCUT2D eigenvalue weighted by atomic mass is 19.3. The summed E-state index contributed by atoms with van der Waals surface area (Å²) in [6.45, 7) is 0. The molecule has 0 saturated heterocycles. The van der Waals surface area contributed by atoms with Crippen molar-refractivity contribution < 1.29 is 8.78 Å². The normalized spacial score (nSPS) is 12.9. The maximum Gasteiger partial charge on any atom is 0.253 e. The zero-order valence-corrected chi connectivity index (χ0v) is 10.1. The van der Waals surface area contributed by atoms with Crippen LogP contribution in [0.4, 0.5) is 8.78 Å². The second kappa shape index (κ2) is 5.27. The minimum Gasteiger partial charge on any atom is -0.323 e. The van der Waals surface area contributed by atoms with Crippen LogP contribution in [0.3, 0.4) is 0 Å². The molecular weight excluding hydrogens is 236 g/mol. The van der Waals surface area contributed by atoms with Crippen LogP contribution in [0.2, 0.25) is 0 Å². The van der Waals surface area contributed by atoms with Crippen LogP contribution in [0.1, 0.15) is 5.69 Å². The first-order valence-electron chi connectivity index (χ1n) is 5.70. The van der Waals surface area contributed by atoms with Crippen LogP contribution in [0.15, 0.2) is 36.4 Å². The van der Waals surface area contributed by atoms with E-state index in [1.54, 1.807) is 17.8 Å². The van der Waals surface area contributed by atoms with Gasteiger partial charge in [0, 0.05) is 24.7 Å². The molecule has 0 radical (unpaired) electrons. The molecule has 0 fully saturated rings. The van der Waals surface area contributed by atoms with E-state index in [4.69, 9.17) is 5.73 Å². The van der Waals surface area contributed by atoms with Gasteiger partial charge in [-0.15, -0.1) is 0 Å². The van der Waals surface area contributed by atoms with Crippen molar-refractivity contribution in [1.29, 1.82) is 0 Å². The first kappa shape index (κ1) is 12.7. The summed E-state index contributed by atoms with van der Waals surface area (Å²) in [4.78, 5) is 0. The van der Waals surface area contributed by atoms with Crippen molar-refractivity contribution in [2.24, 2.45) is 12.8 Å². The zero-order valence-electron chi connectivity index (χ0n) is 10.1. The molecule has 0 aliphatic rings. The van der Waals surface area contributed by atoms with E-state index in [2.05, 4.69) is 5.10 Å². The van der Waals surface area contributed by atoms with Crippen LogP contribution < -0.4 is 5.73 Å². The SMILES string of the molecule is Cn1nc(-c2ccccc2)cc1CC(N)C(F)F. The van der Waals surface area contributed by atoms with Crippen LogP contribution in [-0.4, -0.2) is 22.2 Å². The molecule has 0 aliphatic heterocycles. The van der Waals surface area contributed by atoms with Crippen molar-refractivity contribution in [3.63, 3.8) is 0 Å². The van der Waals surface area contributed by atoms with Gasteiger partial charge in [0.15, 0.2) is 0 Å². The number of hydrogen-bond donors (Lipinski definition) is 1. The summed E-state index contributed by atoms with van der Waals surface area (Å²) in [5.41, 5.74) is 7.82. The lowest BCUT2D eigenvalue weighted by Crippen LogP contribution is -2.31. The molecule has 96 valence electrons. The number of hydrogen-bond acceptors (Lipinski definition) is 2. The van der Waals surface area contributed by atoms with E-state index in [1.807, 2.05) is 30.3 Å². The average molecular weight is 251 g/mol. The first-order valence-corrected chi connectivity index (χ1v) is 5.70. The Morgan fingerprint density at radius 2 is 1.94 bits per heavy atom. The third kappa shape index (κ3) is 2.73. The standard InChI is InChI=1S/C13H15F2N3/c1-18-10(7-11(16)13(14)15)8-12(17-18)9-5-3-2-4-6-9/h2-6,8,11,13H,7,16H2,1H3. The van der Waals surface area contributed by atoms with Crippen molar-refractivity contribution >= 4 is 0 Å². The number of alkyl halides is 2. The molecule has 1 atom stereocenters. The van der Waals surface area contributed by atoms with E-state index in [9.17, 15) is 8.78 Å². The number of aryl methyl sites for hydroxylation is 1. The number of halogens is 2. The summed E-state index contributed by atoms with van der Waals surface area (Å²) in [5.74, 6) is 0. The Kier molecular flexibility index (Phi) is 3.72. The minimum atomic E-state index is -2.51. The molecule has 2 aromatic rings. The Bertz CT molecular complexity index is 508. The second-order valence-electron chi connectivity index (χ2n) is 4.21. The molecule has 1 aromatic carbocycles. The lowest BCUT2D eigenvalue weighted by atomic mass is 10.1. The highest BCUT2D eigenvalue weighted by molar-refractivity contribution is 5.59. The molecule has 3 nitrogen and oxygen atoms in total. The lowest BCUT2D eigenvalue weighted by molar-refractivity contribution is 0.115. The van der Waals surface area contributed by atoms with Gasteiger partial charge in [-0.1, -0.05) is 30.3 Å². The number of benzene rings is 1. The monoisotopic (exact) mass is 251 g/mol. The zero-order chi connectivity index (χ0) is 13.1. The van der Waals surface area contributed by atoms with Crippen molar-refractivity contribution in [1.82, 2.24) is 9.78 Å².